The third-order valence-corrected chi connectivity index (χ3v) is 4.97. The van der Waals surface area contributed by atoms with Crippen LogP contribution in [0.4, 0.5) is 0 Å². The first-order valence-electron chi connectivity index (χ1n) is 7.90. The van der Waals surface area contributed by atoms with Gasteiger partial charge in [0.05, 0.1) is 11.1 Å². The molecule has 0 radical (unpaired) electrons. The summed E-state index contributed by atoms with van der Waals surface area (Å²) in [5.41, 5.74) is 0.689. The van der Waals surface area contributed by atoms with Crippen LogP contribution in [-0.2, 0) is 11.3 Å². The van der Waals surface area contributed by atoms with Crippen LogP contribution < -0.4 is 5.32 Å². The summed E-state index contributed by atoms with van der Waals surface area (Å²) >= 11 is 7.77. The Kier molecular flexibility index (Phi) is 5.45. The monoisotopic (exact) mass is 375 g/mol. The van der Waals surface area contributed by atoms with Gasteiger partial charge in [-0.2, -0.15) is 4.80 Å². The number of thiophene rings is 1. The van der Waals surface area contributed by atoms with E-state index >= 15 is 0 Å². The van der Waals surface area contributed by atoms with E-state index in [0.29, 0.717) is 16.4 Å². The average Bonchev–Trinajstić information content (AvgIpc) is 3.24. The molecule has 1 amide bonds. The van der Waals surface area contributed by atoms with E-state index < -0.39 is 0 Å². The van der Waals surface area contributed by atoms with Gasteiger partial charge in [-0.25, -0.2) is 0 Å². The van der Waals surface area contributed by atoms with Gasteiger partial charge in [-0.05, 0) is 34.7 Å². The molecule has 3 aromatic rings. The first-order valence-corrected chi connectivity index (χ1v) is 9.16. The Morgan fingerprint density at radius 2 is 2.08 bits per heavy atom. The molecule has 0 aliphatic carbocycles. The molecule has 1 atom stereocenters. The Labute approximate surface area is 154 Å². The van der Waals surface area contributed by atoms with Crippen LogP contribution in [0.1, 0.15) is 24.8 Å². The molecule has 0 saturated carbocycles. The molecule has 0 saturated heterocycles. The van der Waals surface area contributed by atoms with Crippen molar-refractivity contribution in [1.82, 2.24) is 25.5 Å². The second-order valence-corrected chi connectivity index (χ2v) is 7.31. The number of halogens is 1. The molecule has 2 aromatic heterocycles. The van der Waals surface area contributed by atoms with Crippen molar-refractivity contribution < 1.29 is 4.79 Å². The van der Waals surface area contributed by atoms with Crippen LogP contribution in [0.5, 0.6) is 0 Å². The quantitative estimate of drug-likeness (QED) is 0.714. The largest absolute Gasteiger partial charge is 0.347 e. The molecule has 2 heterocycles. The van der Waals surface area contributed by atoms with E-state index in [1.807, 2.05) is 35.7 Å². The molecular weight excluding hydrogens is 358 g/mol. The highest BCUT2D eigenvalue weighted by Gasteiger charge is 2.20. The van der Waals surface area contributed by atoms with Crippen LogP contribution in [0.2, 0.25) is 5.02 Å². The molecule has 8 heteroatoms. The topological polar surface area (TPSA) is 72.7 Å². The summed E-state index contributed by atoms with van der Waals surface area (Å²) in [6, 6.07) is 11.2. The molecule has 0 fully saturated rings. The third-order valence-electron chi connectivity index (χ3n) is 3.69. The summed E-state index contributed by atoms with van der Waals surface area (Å²) in [6.07, 6.45) is 0. The normalized spacial score (nSPS) is 12.3. The number of benzene rings is 1. The predicted molar refractivity (Wildman–Crippen MR) is 98.3 cm³/mol. The molecular formula is C17H18ClN5OS. The van der Waals surface area contributed by atoms with Crippen LogP contribution in [0.3, 0.4) is 0 Å². The smallest absolute Gasteiger partial charge is 0.244 e. The number of nitrogens with one attached hydrogen (secondary N) is 1. The molecule has 0 bridgehead atoms. The van der Waals surface area contributed by atoms with E-state index in [-0.39, 0.29) is 24.4 Å². The highest BCUT2D eigenvalue weighted by atomic mass is 35.5. The lowest BCUT2D eigenvalue weighted by atomic mass is 10.0. The van der Waals surface area contributed by atoms with Crippen LogP contribution in [0, 0.1) is 5.92 Å². The van der Waals surface area contributed by atoms with Crippen LogP contribution in [0.15, 0.2) is 41.8 Å². The van der Waals surface area contributed by atoms with Crippen molar-refractivity contribution in [1.29, 1.82) is 0 Å². The predicted octanol–water partition coefficient (Wildman–Crippen LogP) is 3.57. The second-order valence-electron chi connectivity index (χ2n) is 5.93. The van der Waals surface area contributed by atoms with Gasteiger partial charge >= 0.3 is 0 Å². The number of carbonyl (C=O) groups is 1. The SMILES string of the molecule is CC(C)[C@H](NC(=O)Cn1nnc(-c2ccccc2Cl)n1)c1cccs1. The molecule has 1 aromatic carbocycles. The molecule has 3 rings (SSSR count). The number of hydrogen-bond donors (Lipinski definition) is 1. The van der Waals surface area contributed by atoms with E-state index in [2.05, 4.69) is 34.6 Å². The van der Waals surface area contributed by atoms with E-state index in [9.17, 15) is 4.79 Å². The van der Waals surface area contributed by atoms with Gasteiger partial charge in [-0.15, -0.1) is 21.5 Å². The van der Waals surface area contributed by atoms with Gasteiger partial charge in [0, 0.05) is 10.4 Å². The summed E-state index contributed by atoms with van der Waals surface area (Å²) in [4.78, 5) is 14.8. The fourth-order valence-corrected chi connectivity index (χ4v) is 3.61. The lowest BCUT2D eigenvalue weighted by Crippen LogP contribution is -2.34. The molecule has 0 aliphatic heterocycles. The maximum Gasteiger partial charge on any atom is 0.244 e. The van der Waals surface area contributed by atoms with Gasteiger partial charge < -0.3 is 5.32 Å². The van der Waals surface area contributed by atoms with E-state index in [1.165, 1.54) is 4.80 Å². The molecule has 0 spiro atoms. The Bertz CT molecular complexity index is 846. The van der Waals surface area contributed by atoms with Crippen molar-refractivity contribution in [3.63, 3.8) is 0 Å². The summed E-state index contributed by atoms with van der Waals surface area (Å²) < 4.78 is 0. The fraction of sp³-hybridized carbons (Fsp3) is 0.294. The van der Waals surface area contributed by atoms with Crippen LogP contribution >= 0.6 is 22.9 Å². The van der Waals surface area contributed by atoms with Crippen molar-refractivity contribution >= 4 is 28.8 Å². The minimum atomic E-state index is -0.157. The van der Waals surface area contributed by atoms with E-state index in [0.717, 1.165) is 4.88 Å². The number of hydrogen-bond acceptors (Lipinski definition) is 5. The summed E-state index contributed by atoms with van der Waals surface area (Å²) in [6.45, 7) is 4.16. The molecule has 6 nitrogen and oxygen atoms in total. The van der Waals surface area contributed by atoms with Gasteiger partial charge in [0.15, 0.2) is 0 Å². The zero-order valence-electron chi connectivity index (χ0n) is 13.9. The molecule has 0 unspecified atom stereocenters. The molecule has 130 valence electrons. The number of amides is 1. The first-order chi connectivity index (χ1) is 12.0. The van der Waals surface area contributed by atoms with Gasteiger partial charge in [0.25, 0.3) is 0 Å². The van der Waals surface area contributed by atoms with Crippen molar-refractivity contribution in [3.05, 3.63) is 51.7 Å². The number of rotatable bonds is 6. The summed E-state index contributed by atoms with van der Waals surface area (Å²) in [7, 11) is 0. The lowest BCUT2D eigenvalue weighted by molar-refractivity contribution is -0.123. The van der Waals surface area contributed by atoms with Gasteiger partial charge in [-0.3, -0.25) is 4.79 Å². The van der Waals surface area contributed by atoms with Crippen LogP contribution in [0.25, 0.3) is 11.4 Å². The maximum atomic E-state index is 12.4. The highest BCUT2D eigenvalue weighted by molar-refractivity contribution is 7.10. The standard InChI is InChI=1S/C17H18ClN5OS/c1-11(2)16(14-8-5-9-25-14)19-15(24)10-23-21-17(20-22-23)12-6-3-4-7-13(12)18/h3-9,11,16H,10H2,1-2H3,(H,19,24)/t16-/m0/s1. The number of carbonyl (C=O) groups excluding carboxylic acids is 1. The summed E-state index contributed by atoms with van der Waals surface area (Å²) in [5.74, 6) is 0.525. The number of tetrazole rings is 1. The van der Waals surface area contributed by atoms with Crippen molar-refractivity contribution in [2.24, 2.45) is 5.92 Å². The zero-order valence-corrected chi connectivity index (χ0v) is 15.5. The van der Waals surface area contributed by atoms with Gasteiger partial charge in [-0.1, -0.05) is 43.6 Å². The molecule has 1 N–H and O–H groups in total. The minimum absolute atomic E-state index is 0.00600. The van der Waals surface area contributed by atoms with Crippen molar-refractivity contribution in [3.8, 4) is 11.4 Å². The molecule has 25 heavy (non-hydrogen) atoms. The minimum Gasteiger partial charge on any atom is -0.347 e. The average molecular weight is 376 g/mol. The second kappa shape index (κ2) is 7.76. The third kappa shape index (κ3) is 4.24. The highest BCUT2D eigenvalue weighted by Crippen LogP contribution is 2.26. The Morgan fingerprint density at radius 3 is 2.76 bits per heavy atom. The summed E-state index contributed by atoms with van der Waals surface area (Å²) in [5, 5.41) is 17.8. The fourth-order valence-electron chi connectivity index (χ4n) is 2.44. The number of nitrogens with zero attached hydrogens (tertiary/aromatic N) is 4. The van der Waals surface area contributed by atoms with Gasteiger partial charge in [0.1, 0.15) is 6.54 Å². The Morgan fingerprint density at radius 1 is 1.28 bits per heavy atom. The Hall–Kier alpha value is -2.25. The van der Waals surface area contributed by atoms with Crippen LogP contribution in [-0.4, -0.2) is 26.1 Å². The van der Waals surface area contributed by atoms with Crippen molar-refractivity contribution in [2.45, 2.75) is 26.4 Å². The first kappa shape index (κ1) is 17.6. The Balaban J connectivity index is 1.68. The van der Waals surface area contributed by atoms with Crippen molar-refractivity contribution in [2.75, 3.05) is 0 Å². The maximum absolute atomic E-state index is 12.4. The van der Waals surface area contributed by atoms with E-state index in [1.54, 1.807) is 17.4 Å². The lowest BCUT2D eigenvalue weighted by Gasteiger charge is -2.21. The molecule has 0 aliphatic rings. The number of aromatic nitrogens is 4. The van der Waals surface area contributed by atoms with E-state index in [4.69, 9.17) is 11.6 Å². The van der Waals surface area contributed by atoms with Gasteiger partial charge in [0.2, 0.25) is 11.7 Å². The zero-order chi connectivity index (χ0) is 17.8.